The Morgan fingerprint density at radius 3 is 2.48 bits per heavy atom. The van der Waals surface area contributed by atoms with Crippen LogP contribution in [0.3, 0.4) is 0 Å². The summed E-state index contributed by atoms with van der Waals surface area (Å²) in [5, 5.41) is 11.5. The van der Waals surface area contributed by atoms with Gasteiger partial charge in [0.15, 0.2) is 0 Å². The number of imide groups is 1. The highest BCUT2D eigenvalue weighted by molar-refractivity contribution is 7.15. The van der Waals surface area contributed by atoms with E-state index in [-0.39, 0.29) is 29.1 Å². The molecule has 0 aliphatic carbocycles. The summed E-state index contributed by atoms with van der Waals surface area (Å²) >= 11 is 7.02. The summed E-state index contributed by atoms with van der Waals surface area (Å²) in [6.45, 7) is -0.0274. The molecule has 8 nitrogen and oxygen atoms in total. The number of methoxy groups -OCH3 is 1. The highest BCUT2D eigenvalue weighted by atomic mass is 35.5. The second kappa shape index (κ2) is 7.61. The fourth-order valence-electron chi connectivity index (χ4n) is 2.91. The Balaban J connectivity index is 1.49. The number of carbonyl (C=O) groups is 3. The standard InChI is InChI=1S/C19H13ClN4O4S/c1-28-14-7-6-10(20)8-13(14)16(25)21-19-23-22-15(29-19)9-24-17(26)11-4-2-3-5-12(11)18(24)27/h2-8H,9H2,1H3,(H,21,23,25). The number of nitrogens with one attached hydrogen (secondary N) is 1. The van der Waals surface area contributed by atoms with Crippen LogP contribution in [0.25, 0.3) is 0 Å². The molecule has 1 aliphatic heterocycles. The summed E-state index contributed by atoms with van der Waals surface area (Å²) in [5.41, 5.74) is 0.976. The van der Waals surface area contributed by atoms with Gasteiger partial charge < -0.3 is 4.74 Å². The van der Waals surface area contributed by atoms with Gasteiger partial charge in [-0.25, -0.2) is 0 Å². The number of aromatic nitrogens is 2. The van der Waals surface area contributed by atoms with Gasteiger partial charge in [-0.3, -0.25) is 24.6 Å². The number of benzene rings is 2. The van der Waals surface area contributed by atoms with E-state index in [0.717, 1.165) is 16.2 Å². The Labute approximate surface area is 174 Å². The van der Waals surface area contributed by atoms with E-state index in [1.54, 1.807) is 36.4 Å². The number of amides is 3. The minimum atomic E-state index is -0.465. The van der Waals surface area contributed by atoms with E-state index in [1.165, 1.54) is 13.2 Å². The van der Waals surface area contributed by atoms with Crippen molar-refractivity contribution in [2.45, 2.75) is 6.54 Å². The number of rotatable bonds is 5. The van der Waals surface area contributed by atoms with Crippen molar-refractivity contribution >= 4 is 45.8 Å². The van der Waals surface area contributed by atoms with E-state index in [0.29, 0.717) is 26.9 Å². The van der Waals surface area contributed by atoms with Crippen LogP contribution in [0.5, 0.6) is 5.75 Å². The smallest absolute Gasteiger partial charge is 0.261 e. The lowest BCUT2D eigenvalue weighted by Crippen LogP contribution is -2.29. The first-order chi connectivity index (χ1) is 14.0. The van der Waals surface area contributed by atoms with E-state index >= 15 is 0 Å². The van der Waals surface area contributed by atoms with Crippen molar-refractivity contribution in [3.05, 3.63) is 69.2 Å². The van der Waals surface area contributed by atoms with Crippen LogP contribution < -0.4 is 10.1 Å². The first-order valence-electron chi connectivity index (χ1n) is 8.40. The van der Waals surface area contributed by atoms with Crippen LogP contribution in [0.15, 0.2) is 42.5 Å². The molecule has 146 valence electrons. The average Bonchev–Trinajstić information content (AvgIpc) is 3.26. The lowest BCUT2D eigenvalue weighted by molar-refractivity contribution is 0.0641. The van der Waals surface area contributed by atoms with Crippen molar-refractivity contribution in [3.63, 3.8) is 0 Å². The zero-order valence-electron chi connectivity index (χ0n) is 15.0. The molecule has 1 aliphatic rings. The monoisotopic (exact) mass is 428 g/mol. The third kappa shape index (κ3) is 3.57. The van der Waals surface area contributed by atoms with E-state index < -0.39 is 5.91 Å². The van der Waals surface area contributed by atoms with Gasteiger partial charge in [0, 0.05) is 5.02 Å². The van der Waals surface area contributed by atoms with Crippen LogP contribution in [-0.2, 0) is 6.54 Å². The van der Waals surface area contributed by atoms with Crippen molar-refractivity contribution in [2.75, 3.05) is 12.4 Å². The lowest BCUT2D eigenvalue weighted by atomic mass is 10.1. The van der Waals surface area contributed by atoms with Gasteiger partial charge in [-0.2, -0.15) is 0 Å². The molecule has 0 atom stereocenters. The molecule has 29 heavy (non-hydrogen) atoms. The first kappa shape index (κ1) is 19.0. The summed E-state index contributed by atoms with van der Waals surface area (Å²) in [5.74, 6) is -0.861. The lowest BCUT2D eigenvalue weighted by Gasteiger charge is -2.10. The maximum Gasteiger partial charge on any atom is 0.261 e. The number of hydrogen-bond donors (Lipinski definition) is 1. The van der Waals surface area contributed by atoms with Gasteiger partial charge in [0.05, 0.1) is 30.3 Å². The Bertz CT molecular complexity index is 1110. The number of halogens is 1. The van der Waals surface area contributed by atoms with Crippen molar-refractivity contribution < 1.29 is 19.1 Å². The minimum Gasteiger partial charge on any atom is -0.496 e. The minimum absolute atomic E-state index is 0.0274. The third-order valence-electron chi connectivity index (χ3n) is 4.27. The van der Waals surface area contributed by atoms with Crippen LogP contribution >= 0.6 is 22.9 Å². The van der Waals surface area contributed by atoms with Gasteiger partial charge in [-0.05, 0) is 30.3 Å². The number of fused-ring (bicyclic) bond motifs is 1. The molecular weight excluding hydrogens is 416 g/mol. The van der Waals surface area contributed by atoms with Crippen molar-refractivity contribution in [1.82, 2.24) is 15.1 Å². The Morgan fingerprint density at radius 1 is 1.14 bits per heavy atom. The maximum atomic E-state index is 12.5. The van der Waals surface area contributed by atoms with E-state index in [4.69, 9.17) is 16.3 Å². The Hall–Kier alpha value is -3.30. The number of ether oxygens (including phenoxy) is 1. The number of hydrogen-bond acceptors (Lipinski definition) is 7. The highest BCUT2D eigenvalue weighted by Gasteiger charge is 2.35. The van der Waals surface area contributed by atoms with Gasteiger partial charge in [-0.1, -0.05) is 35.1 Å². The van der Waals surface area contributed by atoms with Crippen LogP contribution in [0.1, 0.15) is 36.1 Å². The van der Waals surface area contributed by atoms with Gasteiger partial charge in [0.25, 0.3) is 17.7 Å². The molecule has 4 rings (SSSR count). The summed E-state index contributed by atoms with van der Waals surface area (Å²) < 4.78 is 5.17. The van der Waals surface area contributed by atoms with Crippen LogP contribution in [0.2, 0.25) is 5.02 Å². The van der Waals surface area contributed by atoms with Crippen LogP contribution in [-0.4, -0.2) is 39.9 Å². The SMILES string of the molecule is COc1ccc(Cl)cc1C(=O)Nc1nnc(CN2C(=O)c3ccccc3C2=O)s1. The van der Waals surface area contributed by atoms with E-state index in [2.05, 4.69) is 15.5 Å². The van der Waals surface area contributed by atoms with E-state index in [1.807, 2.05) is 0 Å². The molecule has 0 saturated heterocycles. The van der Waals surface area contributed by atoms with Gasteiger partial charge >= 0.3 is 0 Å². The molecule has 2 aromatic carbocycles. The fraction of sp³-hybridized carbons (Fsp3) is 0.105. The fourth-order valence-corrected chi connectivity index (χ4v) is 3.80. The van der Waals surface area contributed by atoms with Crippen molar-refractivity contribution in [1.29, 1.82) is 0 Å². The summed E-state index contributed by atoms with van der Waals surface area (Å²) in [6.07, 6.45) is 0. The summed E-state index contributed by atoms with van der Waals surface area (Å²) in [4.78, 5) is 38.5. The molecule has 0 spiro atoms. The molecule has 0 unspecified atom stereocenters. The third-order valence-corrected chi connectivity index (χ3v) is 5.32. The van der Waals surface area contributed by atoms with Crippen molar-refractivity contribution in [3.8, 4) is 5.75 Å². The summed E-state index contributed by atoms with van der Waals surface area (Å²) in [7, 11) is 1.45. The molecule has 0 radical (unpaired) electrons. The molecule has 10 heteroatoms. The van der Waals surface area contributed by atoms with Gasteiger partial charge in [-0.15, -0.1) is 10.2 Å². The zero-order valence-corrected chi connectivity index (χ0v) is 16.6. The Morgan fingerprint density at radius 2 is 1.83 bits per heavy atom. The second-order valence-electron chi connectivity index (χ2n) is 6.04. The van der Waals surface area contributed by atoms with Crippen LogP contribution in [0.4, 0.5) is 5.13 Å². The normalized spacial score (nSPS) is 12.8. The maximum absolute atomic E-state index is 12.5. The van der Waals surface area contributed by atoms with E-state index in [9.17, 15) is 14.4 Å². The quantitative estimate of drug-likeness (QED) is 0.626. The second-order valence-corrected chi connectivity index (χ2v) is 7.54. The highest BCUT2D eigenvalue weighted by Crippen LogP contribution is 2.27. The summed E-state index contributed by atoms with van der Waals surface area (Å²) in [6, 6.07) is 11.3. The number of anilines is 1. The van der Waals surface area contributed by atoms with Gasteiger partial charge in [0.2, 0.25) is 5.13 Å². The van der Waals surface area contributed by atoms with Crippen molar-refractivity contribution in [2.24, 2.45) is 0 Å². The van der Waals surface area contributed by atoms with Gasteiger partial charge in [0.1, 0.15) is 10.8 Å². The Kier molecular flexibility index (Phi) is 4.99. The zero-order chi connectivity index (χ0) is 20.5. The molecule has 1 aromatic heterocycles. The molecule has 3 aromatic rings. The first-order valence-corrected chi connectivity index (χ1v) is 9.60. The molecular formula is C19H13ClN4O4S. The molecule has 0 fully saturated rings. The predicted molar refractivity (Wildman–Crippen MR) is 107 cm³/mol. The molecule has 3 amide bonds. The average molecular weight is 429 g/mol. The predicted octanol–water partition coefficient (Wildman–Crippen LogP) is 3.25. The molecule has 2 heterocycles. The molecule has 1 N–H and O–H groups in total. The van der Waals surface area contributed by atoms with Crippen LogP contribution in [0, 0.1) is 0 Å². The number of nitrogens with zero attached hydrogens (tertiary/aromatic N) is 3. The molecule has 0 saturated carbocycles. The topological polar surface area (TPSA) is 101 Å². The number of carbonyl (C=O) groups excluding carboxylic acids is 3. The largest absolute Gasteiger partial charge is 0.496 e. The molecule has 0 bridgehead atoms.